The molecule has 1 N–H and O–H groups in total. The molecule has 0 saturated heterocycles. The first-order chi connectivity index (χ1) is 10.6. The van der Waals surface area contributed by atoms with Crippen LogP contribution in [0.25, 0.3) is 0 Å². The maximum absolute atomic E-state index is 12.5. The number of alkyl halides is 2. The molecule has 0 fully saturated rings. The van der Waals surface area contributed by atoms with E-state index in [2.05, 4.69) is 15.5 Å². The zero-order valence-corrected chi connectivity index (χ0v) is 13.0. The fourth-order valence-electron chi connectivity index (χ4n) is 1.81. The minimum absolute atomic E-state index is 0.313. The lowest BCUT2D eigenvalue weighted by molar-refractivity contribution is 0.150. The SMILES string of the molecule is COc1cc(CNc2nnc(C(F)F)s2)cc(OC)c1OC. The summed E-state index contributed by atoms with van der Waals surface area (Å²) >= 11 is 0.817. The van der Waals surface area contributed by atoms with E-state index in [1.165, 1.54) is 21.3 Å². The summed E-state index contributed by atoms with van der Waals surface area (Å²) in [5.41, 5.74) is 0.822. The number of nitrogens with one attached hydrogen (secondary N) is 1. The summed E-state index contributed by atoms with van der Waals surface area (Å²) in [6, 6.07) is 3.53. The zero-order chi connectivity index (χ0) is 16.1. The van der Waals surface area contributed by atoms with Crippen LogP contribution in [-0.2, 0) is 6.54 Å². The normalized spacial score (nSPS) is 10.6. The van der Waals surface area contributed by atoms with E-state index in [9.17, 15) is 8.78 Å². The van der Waals surface area contributed by atoms with Crippen molar-refractivity contribution in [3.05, 3.63) is 22.7 Å². The number of hydrogen-bond donors (Lipinski definition) is 1. The third kappa shape index (κ3) is 3.53. The molecule has 0 aliphatic carbocycles. The van der Waals surface area contributed by atoms with Crippen LogP contribution in [0.5, 0.6) is 17.2 Å². The lowest BCUT2D eigenvalue weighted by Crippen LogP contribution is -2.02. The van der Waals surface area contributed by atoms with Crippen LogP contribution in [0, 0.1) is 0 Å². The van der Waals surface area contributed by atoms with E-state index >= 15 is 0 Å². The Morgan fingerprint density at radius 2 is 1.73 bits per heavy atom. The van der Waals surface area contributed by atoms with Gasteiger partial charge in [-0.05, 0) is 17.7 Å². The summed E-state index contributed by atoms with van der Waals surface area (Å²) in [6.45, 7) is 0.356. The Balaban J connectivity index is 2.15. The Bertz CT molecular complexity index is 612. The van der Waals surface area contributed by atoms with Gasteiger partial charge < -0.3 is 19.5 Å². The van der Waals surface area contributed by atoms with Crippen LogP contribution >= 0.6 is 11.3 Å². The van der Waals surface area contributed by atoms with Crippen molar-refractivity contribution in [2.75, 3.05) is 26.6 Å². The molecule has 0 bridgehead atoms. The molecule has 2 rings (SSSR count). The lowest BCUT2D eigenvalue weighted by atomic mass is 10.2. The topological polar surface area (TPSA) is 65.5 Å². The second-order valence-electron chi connectivity index (χ2n) is 4.13. The van der Waals surface area contributed by atoms with Crippen molar-refractivity contribution in [1.82, 2.24) is 10.2 Å². The van der Waals surface area contributed by atoms with E-state index < -0.39 is 6.43 Å². The molecule has 0 aliphatic heterocycles. The molecule has 0 unspecified atom stereocenters. The molecule has 0 amide bonds. The third-order valence-electron chi connectivity index (χ3n) is 2.80. The standard InChI is InChI=1S/C13H15F2N3O3S/c1-19-8-4-7(5-9(20-2)10(8)21-3)6-16-13-18-17-12(22-13)11(14)15/h4-5,11H,6H2,1-3H3,(H,16,18). The summed E-state index contributed by atoms with van der Waals surface area (Å²) in [5.74, 6) is 1.53. The number of methoxy groups -OCH3 is 3. The van der Waals surface area contributed by atoms with Crippen LogP contribution in [0.1, 0.15) is 17.0 Å². The van der Waals surface area contributed by atoms with Gasteiger partial charge in [-0.15, -0.1) is 10.2 Å². The molecule has 22 heavy (non-hydrogen) atoms. The number of nitrogens with zero attached hydrogens (tertiary/aromatic N) is 2. The van der Waals surface area contributed by atoms with Crippen molar-refractivity contribution < 1.29 is 23.0 Å². The summed E-state index contributed by atoms with van der Waals surface area (Å²) < 4.78 is 40.6. The van der Waals surface area contributed by atoms with Gasteiger partial charge in [0.05, 0.1) is 21.3 Å². The first-order valence-electron chi connectivity index (χ1n) is 6.23. The van der Waals surface area contributed by atoms with Gasteiger partial charge in [-0.2, -0.15) is 0 Å². The number of ether oxygens (including phenoxy) is 3. The minimum atomic E-state index is -2.62. The van der Waals surface area contributed by atoms with Gasteiger partial charge in [0.15, 0.2) is 16.5 Å². The first kappa shape index (κ1) is 16.2. The van der Waals surface area contributed by atoms with E-state index in [1.807, 2.05) is 0 Å². The molecule has 120 valence electrons. The average Bonchev–Trinajstić information content (AvgIpc) is 3.00. The quantitative estimate of drug-likeness (QED) is 0.841. The number of anilines is 1. The van der Waals surface area contributed by atoms with Gasteiger partial charge in [-0.1, -0.05) is 11.3 Å². The second-order valence-corrected chi connectivity index (χ2v) is 5.14. The zero-order valence-electron chi connectivity index (χ0n) is 12.2. The van der Waals surface area contributed by atoms with Crippen molar-refractivity contribution in [3.8, 4) is 17.2 Å². The molecule has 0 radical (unpaired) electrons. The van der Waals surface area contributed by atoms with Gasteiger partial charge in [-0.25, -0.2) is 8.78 Å². The van der Waals surface area contributed by atoms with E-state index in [-0.39, 0.29) is 5.01 Å². The second kappa shape index (κ2) is 7.21. The predicted molar refractivity (Wildman–Crippen MR) is 78.3 cm³/mol. The Morgan fingerprint density at radius 3 is 2.18 bits per heavy atom. The Morgan fingerprint density at radius 1 is 1.09 bits per heavy atom. The van der Waals surface area contributed by atoms with Crippen LogP contribution in [0.4, 0.5) is 13.9 Å². The minimum Gasteiger partial charge on any atom is -0.493 e. The number of halogens is 2. The van der Waals surface area contributed by atoms with Crippen molar-refractivity contribution in [2.24, 2.45) is 0 Å². The fourth-order valence-corrected chi connectivity index (χ4v) is 2.40. The van der Waals surface area contributed by atoms with Gasteiger partial charge in [0.25, 0.3) is 6.43 Å². The Hall–Kier alpha value is -2.16. The molecule has 0 saturated carbocycles. The van der Waals surface area contributed by atoms with Crippen LogP contribution < -0.4 is 19.5 Å². The van der Waals surface area contributed by atoms with Gasteiger partial charge in [0.1, 0.15) is 0 Å². The number of aromatic nitrogens is 2. The van der Waals surface area contributed by atoms with Crippen LogP contribution in [0.15, 0.2) is 12.1 Å². The molecule has 0 spiro atoms. The van der Waals surface area contributed by atoms with Crippen LogP contribution in [0.2, 0.25) is 0 Å². The van der Waals surface area contributed by atoms with Gasteiger partial charge in [0, 0.05) is 6.54 Å². The van der Waals surface area contributed by atoms with Crippen molar-refractivity contribution in [2.45, 2.75) is 13.0 Å². The first-order valence-corrected chi connectivity index (χ1v) is 7.05. The molecular formula is C13H15F2N3O3S. The van der Waals surface area contributed by atoms with Crippen molar-refractivity contribution in [1.29, 1.82) is 0 Å². The van der Waals surface area contributed by atoms with Gasteiger partial charge in [0.2, 0.25) is 10.9 Å². The number of rotatable bonds is 7. The molecule has 9 heteroatoms. The summed E-state index contributed by atoms with van der Waals surface area (Å²) in [6.07, 6.45) is -2.62. The molecule has 0 aliphatic rings. The largest absolute Gasteiger partial charge is 0.493 e. The molecule has 2 aromatic rings. The molecule has 0 atom stereocenters. The molecule has 6 nitrogen and oxygen atoms in total. The molecule has 1 aromatic carbocycles. The lowest BCUT2D eigenvalue weighted by Gasteiger charge is -2.14. The van der Waals surface area contributed by atoms with Crippen molar-refractivity contribution >= 4 is 16.5 Å². The maximum Gasteiger partial charge on any atom is 0.291 e. The molecule has 1 aromatic heterocycles. The number of hydrogen-bond acceptors (Lipinski definition) is 7. The predicted octanol–water partition coefficient (Wildman–Crippen LogP) is 3.11. The Kier molecular flexibility index (Phi) is 5.31. The summed E-state index contributed by atoms with van der Waals surface area (Å²) in [7, 11) is 4.56. The monoisotopic (exact) mass is 331 g/mol. The number of benzene rings is 1. The van der Waals surface area contributed by atoms with E-state index in [0.29, 0.717) is 28.9 Å². The van der Waals surface area contributed by atoms with Crippen LogP contribution in [0.3, 0.4) is 0 Å². The average molecular weight is 331 g/mol. The highest BCUT2D eigenvalue weighted by Crippen LogP contribution is 2.38. The summed E-state index contributed by atoms with van der Waals surface area (Å²) in [5, 5.41) is 10.0. The van der Waals surface area contributed by atoms with Crippen molar-refractivity contribution in [3.63, 3.8) is 0 Å². The van der Waals surface area contributed by atoms with E-state index in [0.717, 1.165) is 16.9 Å². The van der Waals surface area contributed by atoms with E-state index in [4.69, 9.17) is 14.2 Å². The third-order valence-corrected chi connectivity index (χ3v) is 3.68. The van der Waals surface area contributed by atoms with Gasteiger partial charge >= 0.3 is 0 Å². The maximum atomic E-state index is 12.5. The highest BCUT2D eigenvalue weighted by molar-refractivity contribution is 7.15. The highest BCUT2D eigenvalue weighted by Gasteiger charge is 2.15. The highest BCUT2D eigenvalue weighted by atomic mass is 32.1. The Labute approximate surface area is 130 Å². The summed E-state index contributed by atoms with van der Waals surface area (Å²) in [4.78, 5) is 0. The fraction of sp³-hybridized carbons (Fsp3) is 0.385. The smallest absolute Gasteiger partial charge is 0.291 e. The molecular weight excluding hydrogens is 316 g/mol. The van der Waals surface area contributed by atoms with Gasteiger partial charge in [-0.3, -0.25) is 0 Å². The van der Waals surface area contributed by atoms with E-state index in [1.54, 1.807) is 12.1 Å². The molecule has 1 heterocycles. The van der Waals surface area contributed by atoms with Crippen LogP contribution in [-0.4, -0.2) is 31.5 Å².